The molecule has 1 saturated heterocycles. The van der Waals surface area contributed by atoms with Gasteiger partial charge in [0, 0.05) is 23.3 Å². The van der Waals surface area contributed by atoms with Crippen LogP contribution in [0.2, 0.25) is 5.02 Å². The van der Waals surface area contributed by atoms with E-state index in [1.54, 1.807) is 36.4 Å². The third kappa shape index (κ3) is 5.05. The molecule has 0 unspecified atom stereocenters. The van der Waals surface area contributed by atoms with Gasteiger partial charge in [0.25, 0.3) is 11.8 Å². The van der Waals surface area contributed by atoms with Crippen molar-refractivity contribution in [2.75, 3.05) is 11.5 Å². The Morgan fingerprint density at radius 2 is 1.85 bits per heavy atom. The van der Waals surface area contributed by atoms with Gasteiger partial charge < -0.3 is 10.1 Å². The second kappa shape index (κ2) is 9.68. The minimum absolute atomic E-state index is 0.143. The Morgan fingerprint density at radius 3 is 2.55 bits per heavy atom. The minimum Gasteiger partial charge on any atom is -0.356 e. The maximum atomic E-state index is 14.0. The number of benzene rings is 3. The van der Waals surface area contributed by atoms with Gasteiger partial charge in [-0.05, 0) is 42.3 Å². The van der Waals surface area contributed by atoms with Crippen molar-refractivity contribution in [2.24, 2.45) is 0 Å². The van der Waals surface area contributed by atoms with Crippen LogP contribution in [0.25, 0.3) is 0 Å². The normalized spacial score (nSPS) is 18.3. The summed E-state index contributed by atoms with van der Waals surface area (Å²) >= 11 is 5.91. The van der Waals surface area contributed by atoms with E-state index in [4.69, 9.17) is 16.3 Å². The van der Waals surface area contributed by atoms with Crippen LogP contribution in [-0.2, 0) is 20.9 Å². The number of carbonyl (C=O) groups excluding carboxylic acids is 2. The smallest absolute Gasteiger partial charge is 0.253 e. The highest BCUT2D eigenvalue weighted by Gasteiger charge is 2.42. The molecule has 0 saturated carbocycles. The van der Waals surface area contributed by atoms with Crippen molar-refractivity contribution in [3.8, 4) is 0 Å². The summed E-state index contributed by atoms with van der Waals surface area (Å²) in [7, 11) is 0. The Hall–Kier alpha value is -3.29. The van der Waals surface area contributed by atoms with E-state index >= 15 is 0 Å². The Bertz CT molecular complexity index is 1190. The molecule has 5 nitrogen and oxygen atoms in total. The van der Waals surface area contributed by atoms with Gasteiger partial charge in [0.2, 0.25) is 0 Å². The summed E-state index contributed by atoms with van der Waals surface area (Å²) in [4.78, 5) is 27.4. The van der Waals surface area contributed by atoms with Crippen LogP contribution in [-0.4, -0.2) is 24.5 Å². The number of nitrogens with zero attached hydrogens (tertiary/aromatic N) is 1. The molecule has 0 aromatic heterocycles. The zero-order valence-corrected chi connectivity index (χ0v) is 18.5. The summed E-state index contributed by atoms with van der Waals surface area (Å²) in [5, 5.41) is 3.41. The van der Waals surface area contributed by atoms with Gasteiger partial charge in [0.05, 0.1) is 6.04 Å². The number of nitrogens with one attached hydrogen (secondary N) is 1. The zero-order valence-electron chi connectivity index (χ0n) is 17.7. The minimum atomic E-state index is -1.08. The van der Waals surface area contributed by atoms with Crippen LogP contribution in [0.4, 0.5) is 14.5 Å². The van der Waals surface area contributed by atoms with Crippen molar-refractivity contribution >= 4 is 29.1 Å². The Labute approximate surface area is 194 Å². The molecule has 3 aromatic rings. The Kier molecular flexibility index (Phi) is 6.72. The third-order valence-electron chi connectivity index (χ3n) is 5.42. The second-order valence-corrected chi connectivity index (χ2v) is 8.23. The molecule has 4 rings (SSSR count). The van der Waals surface area contributed by atoms with Gasteiger partial charge in [-0.15, -0.1) is 0 Å². The lowest BCUT2D eigenvalue weighted by molar-refractivity contribution is -0.144. The van der Waals surface area contributed by atoms with E-state index in [9.17, 15) is 18.4 Å². The van der Waals surface area contributed by atoms with Gasteiger partial charge in [-0.1, -0.05) is 53.6 Å². The van der Waals surface area contributed by atoms with Crippen molar-refractivity contribution in [2.45, 2.75) is 25.6 Å². The fourth-order valence-electron chi connectivity index (χ4n) is 3.84. The van der Waals surface area contributed by atoms with E-state index in [0.717, 1.165) is 23.3 Å². The van der Waals surface area contributed by atoms with Gasteiger partial charge in [-0.3, -0.25) is 14.5 Å². The molecule has 1 aliphatic rings. The van der Waals surface area contributed by atoms with Crippen molar-refractivity contribution in [3.05, 3.63) is 100 Å². The number of rotatable bonds is 5. The second-order valence-electron chi connectivity index (χ2n) is 7.80. The van der Waals surface area contributed by atoms with Gasteiger partial charge >= 0.3 is 0 Å². The van der Waals surface area contributed by atoms with E-state index in [1.165, 1.54) is 11.0 Å². The van der Waals surface area contributed by atoms with Crippen LogP contribution in [0.3, 0.4) is 0 Å². The Morgan fingerprint density at radius 1 is 1.09 bits per heavy atom. The van der Waals surface area contributed by atoms with Crippen molar-refractivity contribution in [1.29, 1.82) is 0 Å². The number of halogens is 3. The average Bonchev–Trinajstić information content (AvgIpc) is 2.80. The molecule has 0 radical (unpaired) electrons. The van der Waals surface area contributed by atoms with Crippen LogP contribution in [0.1, 0.15) is 22.7 Å². The van der Waals surface area contributed by atoms with Crippen LogP contribution in [0.5, 0.6) is 0 Å². The number of morpholine rings is 1. The van der Waals surface area contributed by atoms with Crippen LogP contribution < -0.4 is 10.2 Å². The summed E-state index contributed by atoms with van der Waals surface area (Å²) < 4.78 is 33.2. The molecular weight excluding hydrogens is 450 g/mol. The first-order valence-electron chi connectivity index (χ1n) is 10.3. The standard InChI is InChI=1S/C25H21ClF2N2O3/c1-15-3-2-4-17(11-15)23-24(25(32)29-13-16-5-7-18(26)8-6-16)33-14-22(31)30(23)19-9-10-20(27)21(28)12-19/h2-12,23-24H,13-14H2,1H3,(H,29,32)/t23-,24+/m0/s1. The molecule has 3 aromatic carbocycles. The molecular formula is C25H21ClF2N2O3. The molecule has 2 atom stereocenters. The fourth-order valence-corrected chi connectivity index (χ4v) is 3.97. The lowest BCUT2D eigenvalue weighted by Crippen LogP contribution is -2.54. The zero-order chi connectivity index (χ0) is 23.5. The van der Waals surface area contributed by atoms with Crippen molar-refractivity contribution in [3.63, 3.8) is 0 Å². The molecule has 1 N–H and O–H groups in total. The molecule has 8 heteroatoms. The predicted octanol–water partition coefficient (Wildman–Crippen LogP) is 4.72. The molecule has 170 valence electrons. The lowest BCUT2D eigenvalue weighted by atomic mass is 9.95. The largest absolute Gasteiger partial charge is 0.356 e. The first kappa shape index (κ1) is 22.9. The number of hydrogen-bond donors (Lipinski definition) is 1. The van der Waals surface area contributed by atoms with Crippen molar-refractivity contribution < 1.29 is 23.1 Å². The summed E-state index contributed by atoms with van der Waals surface area (Å²) in [6.45, 7) is 1.74. The maximum Gasteiger partial charge on any atom is 0.253 e. The highest BCUT2D eigenvalue weighted by molar-refractivity contribution is 6.30. The topological polar surface area (TPSA) is 58.6 Å². The number of aryl methyl sites for hydroxylation is 1. The molecule has 1 fully saturated rings. The maximum absolute atomic E-state index is 14.0. The fraction of sp³-hybridized carbons (Fsp3) is 0.200. The molecule has 0 bridgehead atoms. The molecule has 1 heterocycles. The third-order valence-corrected chi connectivity index (χ3v) is 5.68. The summed E-state index contributed by atoms with van der Waals surface area (Å²) in [5.41, 5.74) is 2.53. The molecule has 1 aliphatic heterocycles. The molecule has 2 amide bonds. The lowest BCUT2D eigenvalue weighted by Gasteiger charge is -2.40. The number of carbonyl (C=O) groups is 2. The highest BCUT2D eigenvalue weighted by Crippen LogP contribution is 2.35. The quantitative estimate of drug-likeness (QED) is 0.587. The van der Waals surface area contributed by atoms with Crippen molar-refractivity contribution in [1.82, 2.24) is 5.32 Å². The van der Waals surface area contributed by atoms with E-state index in [-0.39, 0.29) is 18.8 Å². The predicted molar refractivity (Wildman–Crippen MR) is 121 cm³/mol. The monoisotopic (exact) mass is 470 g/mol. The first-order chi connectivity index (χ1) is 15.8. The number of ether oxygens (including phenoxy) is 1. The molecule has 0 aliphatic carbocycles. The summed E-state index contributed by atoms with van der Waals surface area (Å²) in [6.07, 6.45) is -1.06. The molecule has 0 spiro atoms. The molecule has 33 heavy (non-hydrogen) atoms. The number of anilines is 1. The summed E-state index contributed by atoms with van der Waals surface area (Å²) in [5.74, 6) is -3.01. The van der Waals surface area contributed by atoms with E-state index in [0.29, 0.717) is 10.6 Å². The van der Waals surface area contributed by atoms with E-state index in [2.05, 4.69) is 5.32 Å². The van der Waals surface area contributed by atoms with Gasteiger partial charge in [0.1, 0.15) is 6.61 Å². The van der Waals surface area contributed by atoms with E-state index in [1.807, 2.05) is 19.1 Å². The number of hydrogen-bond acceptors (Lipinski definition) is 3. The SMILES string of the molecule is Cc1cccc([C@H]2[C@H](C(=O)NCc3ccc(Cl)cc3)OCC(=O)N2c2ccc(F)c(F)c2)c1. The highest BCUT2D eigenvalue weighted by atomic mass is 35.5. The van der Waals surface area contributed by atoms with Gasteiger partial charge in [-0.25, -0.2) is 8.78 Å². The first-order valence-corrected chi connectivity index (χ1v) is 10.7. The van der Waals surface area contributed by atoms with Crippen LogP contribution >= 0.6 is 11.6 Å². The number of amides is 2. The van der Waals surface area contributed by atoms with Gasteiger partial charge in [-0.2, -0.15) is 0 Å². The van der Waals surface area contributed by atoms with Crippen LogP contribution in [0, 0.1) is 18.6 Å². The summed E-state index contributed by atoms with van der Waals surface area (Å²) in [6, 6.07) is 16.7. The Balaban J connectivity index is 1.68. The van der Waals surface area contributed by atoms with Crippen LogP contribution in [0.15, 0.2) is 66.7 Å². The van der Waals surface area contributed by atoms with E-state index < -0.39 is 35.6 Å². The average molecular weight is 471 g/mol. The van der Waals surface area contributed by atoms with Gasteiger partial charge in [0.15, 0.2) is 17.7 Å².